The van der Waals surface area contributed by atoms with Gasteiger partial charge >= 0.3 is 0 Å². The molecule has 16 heavy (non-hydrogen) atoms. The minimum absolute atomic E-state index is 0.0212. The third kappa shape index (κ3) is 3.79. The molecule has 0 aromatic heterocycles. The second-order valence-corrected chi connectivity index (χ2v) is 5.57. The minimum Gasteiger partial charge on any atom is -0.491 e. The maximum Gasteiger partial charge on any atom is 0.175 e. The zero-order valence-corrected chi connectivity index (χ0v) is 9.79. The molecule has 0 saturated carbocycles. The van der Waals surface area contributed by atoms with Crippen molar-refractivity contribution in [3.63, 3.8) is 0 Å². The van der Waals surface area contributed by atoms with Gasteiger partial charge in [-0.25, -0.2) is 12.8 Å². The van der Waals surface area contributed by atoms with Crippen molar-refractivity contribution in [3.05, 3.63) is 24.0 Å². The number of benzene rings is 1. The first-order chi connectivity index (χ1) is 7.29. The van der Waals surface area contributed by atoms with Crippen LogP contribution >= 0.6 is 0 Å². The van der Waals surface area contributed by atoms with Gasteiger partial charge in [0.15, 0.2) is 9.84 Å². The highest BCUT2D eigenvalue weighted by Gasteiger charge is 2.11. The van der Waals surface area contributed by atoms with Crippen molar-refractivity contribution in [2.75, 3.05) is 12.9 Å². The normalized spacial score (nSPS) is 13.5. The van der Waals surface area contributed by atoms with Crippen LogP contribution in [-0.2, 0) is 9.84 Å². The van der Waals surface area contributed by atoms with E-state index in [9.17, 15) is 12.8 Å². The predicted octanol–water partition coefficient (Wildman–Crippen LogP) is 0.989. The molecule has 0 bridgehead atoms. The van der Waals surface area contributed by atoms with E-state index in [-0.39, 0.29) is 17.3 Å². The summed E-state index contributed by atoms with van der Waals surface area (Å²) in [7, 11) is -3.47. The van der Waals surface area contributed by atoms with Crippen LogP contribution in [0.5, 0.6) is 5.75 Å². The maximum atomic E-state index is 13.1. The first-order valence-corrected chi connectivity index (χ1v) is 6.49. The first kappa shape index (κ1) is 12.9. The van der Waals surface area contributed by atoms with Gasteiger partial charge in [0, 0.05) is 12.3 Å². The summed E-state index contributed by atoms with van der Waals surface area (Å²) in [6.45, 7) is 1.49. The average Bonchev–Trinajstić information content (AvgIpc) is 2.12. The number of aliphatic hydroxyl groups is 1. The summed E-state index contributed by atoms with van der Waals surface area (Å²) in [5, 5.41) is 8.98. The van der Waals surface area contributed by atoms with Crippen LogP contribution in [-0.4, -0.2) is 32.5 Å². The molecule has 1 atom stereocenters. The van der Waals surface area contributed by atoms with Crippen molar-refractivity contribution in [2.24, 2.45) is 0 Å². The van der Waals surface area contributed by atoms with Gasteiger partial charge in [-0.1, -0.05) is 0 Å². The van der Waals surface area contributed by atoms with Gasteiger partial charge in [0.1, 0.15) is 18.2 Å². The maximum absolute atomic E-state index is 13.1. The van der Waals surface area contributed by atoms with Crippen molar-refractivity contribution in [1.82, 2.24) is 0 Å². The number of ether oxygens (including phenoxy) is 1. The van der Waals surface area contributed by atoms with Crippen LogP contribution in [0.25, 0.3) is 0 Å². The standard InChI is InChI=1S/C10H13FO4S/c1-7(12)6-15-9-3-8(11)4-10(5-9)16(2,13)14/h3-5,7,12H,6H2,1-2H3. The van der Waals surface area contributed by atoms with E-state index >= 15 is 0 Å². The number of halogens is 1. The lowest BCUT2D eigenvalue weighted by molar-refractivity contribution is 0.122. The second kappa shape index (κ2) is 4.80. The van der Waals surface area contributed by atoms with Crippen molar-refractivity contribution in [1.29, 1.82) is 0 Å². The molecule has 0 fully saturated rings. The average molecular weight is 248 g/mol. The molecule has 4 nitrogen and oxygen atoms in total. The highest BCUT2D eigenvalue weighted by molar-refractivity contribution is 7.90. The Balaban J connectivity index is 3.00. The van der Waals surface area contributed by atoms with E-state index in [1.807, 2.05) is 0 Å². The highest BCUT2D eigenvalue weighted by Crippen LogP contribution is 2.20. The summed E-state index contributed by atoms with van der Waals surface area (Å²) in [5.41, 5.74) is 0. The molecule has 0 spiro atoms. The molecule has 1 rings (SSSR count). The van der Waals surface area contributed by atoms with Crippen LogP contribution < -0.4 is 4.74 Å². The molecule has 1 unspecified atom stereocenters. The van der Waals surface area contributed by atoms with Gasteiger partial charge < -0.3 is 9.84 Å². The lowest BCUT2D eigenvalue weighted by Crippen LogP contribution is -2.13. The molecule has 1 N–H and O–H groups in total. The second-order valence-electron chi connectivity index (χ2n) is 3.55. The van der Waals surface area contributed by atoms with Gasteiger partial charge in [0.2, 0.25) is 0 Å². The number of rotatable bonds is 4. The lowest BCUT2D eigenvalue weighted by Gasteiger charge is -2.09. The van der Waals surface area contributed by atoms with Crippen molar-refractivity contribution < 1.29 is 22.7 Å². The molecule has 0 aliphatic carbocycles. The third-order valence-electron chi connectivity index (χ3n) is 1.76. The van der Waals surface area contributed by atoms with Crippen LogP contribution in [0.1, 0.15) is 6.92 Å². The van der Waals surface area contributed by atoms with Gasteiger partial charge in [-0.05, 0) is 19.1 Å². The minimum atomic E-state index is -3.47. The first-order valence-electron chi connectivity index (χ1n) is 4.60. The fourth-order valence-corrected chi connectivity index (χ4v) is 1.71. The fourth-order valence-electron chi connectivity index (χ4n) is 1.05. The Bertz CT molecular complexity index is 468. The van der Waals surface area contributed by atoms with Crippen LogP contribution in [0.4, 0.5) is 4.39 Å². The molecule has 0 aliphatic heterocycles. The predicted molar refractivity (Wildman–Crippen MR) is 56.7 cm³/mol. The smallest absolute Gasteiger partial charge is 0.175 e. The lowest BCUT2D eigenvalue weighted by atomic mass is 10.3. The molecule has 0 amide bonds. The summed E-state index contributed by atoms with van der Waals surface area (Å²) >= 11 is 0. The zero-order chi connectivity index (χ0) is 12.3. The fraction of sp³-hybridized carbons (Fsp3) is 0.400. The summed E-state index contributed by atoms with van der Waals surface area (Å²) in [6.07, 6.45) is 0.283. The Morgan fingerprint density at radius 1 is 1.44 bits per heavy atom. The molecule has 90 valence electrons. The Hall–Kier alpha value is -1.14. The van der Waals surface area contributed by atoms with E-state index in [0.29, 0.717) is 0 Å². The van der Waals surface area contributed by atoms with Crippen molar-refractivity contribution >= 4 is 9.84 Å². The number of sulfone groups is 1. The Morgan fingerprint density at radius 3 is 2.56 bits per heavy atom. The number of hydrogen-bond acceptors (Lipinski definition) is 4. The number of hydrogen-bond donors (Lipinski definition) is 1. The SMILES string of the molecule is CC(O)COc1cc(F)cc(S(C)(=O)=O)c1. The van der Waals surface area contributed by atoms with E-state index in [2.05, 4.69) is 0 Å². The van der Waals surface area contributed by atoms with Crippen molar-refractivity contribution in [3.8, 4) is 5.75 Å². The van der Waals surface area contributed by atoms with E-state index in [0.717, 1.165) is 18.4 Å². The van der Waals surface area contributed by atoms with Crippen LogP contribution in [0.3, 0.4) is 0 Å². The van der Waals surface area contributed by atoms with E-state index in [1.54, 1.807) is 0 Å². The molecule has 1 aromatic carbocycles. The molecule has 0 heterocycles. The Labute approximate surface area is 93.6 Å². The van der Waals surface area contributed by atoms with Crippen LogP contribution in [0.15, 0.2) is 23.1 Å². The molecule has 6 heteroatoms. The van der Waals surface area contributed by atoms with Gasteiger partial charge in [0.05, 0.1) is 11.0 Å². The summed E-state index contributed by atoms with van der Waals surface area (Å²) < 4.78 is 40.5. The summed E-state index contributed by atoms with van der Waals surface area (Å²) in [6, 6.07) is 3.21. The molecular weight excluding hydrogens is 235 g/mol. The topological polar surface area (TPSA) is 63.6 Å². The van der Waals surface area contributed by atoms with Crippen LogP contribution in [0, 0.1) is 5.82 Å². The Morgan fingerprint density at radius 2 is 2.06 bits per heavy atom. The van der Waals surface area contributed by atoms with Crippen molar-refractivity contribution in [2.45, 2.75) is 17.9 Å². The van der Waals surface area contributed by atoms with E-state index in [1.165, 1.54) is 13.0 Å². The van der Waals surface area contributed by atoms with Gasteiger partial charge in [-0.3, -0.25) is 0 Å². The Kier molecular flexibility index (Phi) is 3.88. The van der Waals surface area contributed by atoms with Crippen LogP contribution in [0.2, 0.25) is 0 Å². The quantitative estimate of drug-likeness (QED) is 0.863. The van der Waals surface area contributed by atoms with Gasteiger partial charge in [-0.15, -0.1) is 0 Å². The summed E-state index contributed by atoms with van der Waals surface area (Å²) in [5.74, 6) is -0.607. The molecule has 1 aromatic rings. The van der Waals surface area contributed by atoms with E-state index in [4.69, 9.17) is 9.84 Å². The van der Waals surface area contributed by atoms with E-state index < -0.39 is 21.8 Å². The van der Waals surface area contributed by atoms with Gasteiger partial charge in [0.25, 0.3) is 0 Å². The van der Waals surface area contributed by atoms with Gasteiger partial charge in [-0.2, -0.15) is 0 Å². The molecule has 0 saturated heterocycles. The third-order valence-corrected chi connectivity index (χ3v) is 2.86. The molecule has 0 aliphatic rings. The zero-order valence-electron chi connectivity index (χ0n) is 8.97. The molecule has 0 radical (unpaired) electrons. The monoisotopic (exact) mass is 248 g/mol. The number of aliphatic hydroxyl groups excluding tert-OH is 1. The molecular formula is C10H13FO4S. The largest absolute Gasteiger partial charge is 0.491 e. The summed E-state index contributed by atoms with van der Waals surface area (Å²) in [4.78, 5) is -0.145. The highest BCUT2D eigenvalue weighted by atomic mass is 32.2.